The molecule has 1 aliphatic heterocycles. The fourth-order valence-electron chi connectivity index (χ4n) is 3.77. The maximum Gasteiger partial charge on any atom is 0.191 e. The Morgan fingerprint density at radius 1 is 1.28 bits per heavy atom. The molecule has 1 aliphatic carbocycles. The van der Waals surface area contributed by atoms with E-state index in [1.807, 2.05) is 0 Å². The highest BCUT2D eigenvalue weighted by molar-refractivity contribution is 14.0. The van der Waals surface area contributed by atoms with Crippen molar-refractivity contribution >= 4 is 41.3 Å². The molecular weight excluding hydrogens is 445 g/mol. The molecule has 7 heteroatoms. The number of guanidine groups is 1. The Morgan fingerprint density at radius 3 is 2.68 bits per heavy atom. The molecule has 3 rings (SSSR count). The van der Waals surface area contributed by atoms with Crippen molar-refractivity contribution in [1.29, 1.82) is 0 Å². The minimum Gasteiger partial charge on any atom is -0.357 e. The van der Waals surface area contributed by atoms with Crippen molar-refractivity contribution in [2.45, 2.75) is 71.5 Å². The maximum atomic E-state index is 4.75. The molecule has 0 amide bonds. The monoisotopic (exact) mass is 477 g/mol. The van der Waals surface area contributed by atoms with E-state index in [0.29, 0.717) is 12.6 Å². The minimum absolute atomic E-state index is 0. The summed E-state index contributed by atoms with van der Waals surface area (Å²) in [5.41, 5.74) is 1.13. The van der Waals surface area contributed by atoms with E-state index in [4.69, 9.17) is 4.99 Å². The van der Waals surface area contributed by atoms with E-state index in [9.17, 15) is 0 Å². The van der Waals surface area contributed by atoms with Crippen molar-refractivity contribution < 1.29 is 0 Å². The quantitative estimate of drug-likeness (QED) is 0.388. The van der Waals surface area contributed by atoms with Gasteiger partial charge in [-0.15, -0.1) is 35.3 Å². The summed E-state index contributed by atoms with van der Waals surface area (Å²) in [4.78, 5) is 13.3. The SMILES string of the molecule is CCNC(=NCc1nc(C)c(C)s1)NC1CCN(C2CCCC2)C1.I. The zero-order chi connectivity index (χ0) is 16.9. The Hall–Kier alpha value is -0.410. The second-order valence-electron chi connectivity index (χ2n) is 7.01. The van der Waals surface area contributed by atoms with Gasteiger partial charge in [-0.2, -0.15) is 0 Å². The number of hydrogen-bond acceptors (Lipinski definition) is 4. The zero-order valence-corrected chi connectivity index (χ0v) is 18.8. The van der Waals surface area contributed by atoms with E-state index in [2.05, 4.69) is 41.3 Å². The van der Waals surface area contributed by atoms with Crippen LogP contribution < -0.4 is 10.6 Å². The van der Waals surface area contributed by atoms with Gasteiger partial charge in [0.1, 0.15) is 5.01 Å². The highest BCUT2D eigenvalue weighted by Gasteiger charge is 2.30. The van der Waals surface area contributed by atoms with Crippen molar-refractivity contribution in [2.75, 3.05) is 19.6 Å². The van der Waals surface area contributed by atoms with Crippen LogP contribution >= 0.6 is 35.3 Å². The Bertz CT molecular complexity index is 548. The lowest BCUT2D eigenvalue weighted by Crippen LogP contribution is -2.45. The van der Waals surface area contributed by atoms with Gasteiger partial charge in [0, 0.05) is 36.6 Å². The summed E-state index contributed by atoms with van der Waals surface area (Å²) >= 11 is 1.75. The smallest absolute Gasteiger partial charge is 0.191 e. The number of aliphatic imine (C=N–C) groups is 1. The molecular formula is C18H32IN5S. The predicted molar refractivity (Wildman–Crippen MR) is 117 cm³/mol. The van der Waals surface area contributed by atoms with Gasteiger partial charge >= 0.3 is 0 Å². The van der Waals surface area contributed by atoms with Crippen LogP contribution in [0, 0.1) is 13.8 Å². The summed E-state index contributed by atoms with van der Waals surface area (Å²) in [5, 5.41) is 8.12. The van der Waals surface area contributed by atoms with E-state index in [1.54, 1.807) is 11.3 Å². The molecule has 1 saturated carbocycles. The number of thiazole rings is 1. The molecule has 2 heterocycles. The van der Waals surface area contributed by atoms with Crippen molar-refractivity contribution in [3.05, 3.63) is 15.6 Å². The molecule has 142 valence electrons. The average molecular weight is 477 g/mol. The summed E-state index contributed by atoms with van der Waals surface area (Å²) in [6, 6.07) is 1.35. The molecule has 1 unspecified atom stereocenters. The second kappa shape index (κ2) is 10.1. The molecule has 1 aromatic heterocycles. The van der Waals surface area contributed by atoms with Crippen molar-refractivity contribution in [3.63, 3.8) is 0 Å². The molecule has 0 radical (unpaired) electrons. The molecule has 0 spiro atoms. The first-order valence-electron chi connectivity index (χ1n) is 9.37. The van der Waals surface area contributed by atoms with Crippen LogP contribution in [-0.2, 0) is 6.54 Å². The van der Waals surface area contributed by atoms with Gasteiger partial charge in [-0.25, -0.2) is 9.98 Å². The maximum absolute atomic E-state index is 4.75. The van der Waals surface area contributed by atoms with Gasteiger partial charge in [-0.3, -0.25) is 4.90 Å². The lowest BCUT2D eigenvalue weighted by molar-refractivity contribution is 0.242. The summed E-state index contributed by atoms with van der Waals surface area (Å²) in [6.45, 7) is 10.2. The number of aromatic nitrogens is 1. The van der Waals surface area contributed by atoms with Crippen LogP contribution in [0.4, 0.5) is 0 Å². The normalized spacial score (nSPS) is 22.2. The molecule has 1 saturated heterocycles. The average Bonchev–Trinajstić information content (AvgIpc) is 3.28. The third-order valence-electron chi connectivity index (χ3n) is 5.19. The molecule has 0 aromatic carbocycles. The van der Waals surface area contributed by atoms with Crippen LogP contribution in [0.25, 0.3) is 0 Å². The van der Waals surface area contributed by atoms with Gasteiger partial charge in [-0.1, -0.05) is 12.8 Å². The predicted octanol–water partition coefficient (Wildman–Crippen LogP) is 3.45. The first-order valence-corrected chi connectivity index (χ1v) is 10.2. The van der Waals surface area contributed by atoms with Crippen molar-refractivity contribution in [3.8, 4) is 0 Å². The molecule has 2 aliphatic rings. The summed E-state index contributed by atoms with van der Waals surface area (Å²) in [6.07, 6.45) is 6.83. The van der Waals surface area contributed by atoms with E-state index in [-0.39, 0.29) is 24.0 Å². The molecule has 25 heavy (non-hydrogen) atoms. The highest BCUT2D eigenvalue weighted by atomic mass is 127. The van der Waals surface area contributed by atoms with Gasteiger partial charge in [0.25, 0.3) is 0 Å². The lowest BCUT2D eigenvalue weighted by atomic mass is 10.2. The fraction of sp³-hybridized carbons (Fsp3) is 0.778. The lowest BCUT2D eigenvalue weighted by Gasteiger charge is -2.24. The van der Waals surface area contributed by atoms with E-state index in [0.717, 1.165) is 35.8 Å². The minimum atomic E-state index is 0. The number of aryl methyl sites for hydroxylation is 2. The summed E-state index contributed by atoms with van der Waals surface area (Å²) < 4.78 is 0. The number of nitrogens with one attached hydrogen (secondary N) is 2. The Labute approximate surface area is 173 Å². The number of rotatable bonds is 5. The Balaban J connectivity index is 0.00000225. The first kappa shape index (κ1) is 20.9. The highest BCUT2D eigenvalue weighted by Crippen LogP contribution is 2.26. The van der Waals surface area contributed by atoms with Crippen LogP contribution in [0.2, 0.25) is 0 Å². The first-order chi connectivity index (χ1) is 11.7. The summed E-state index contributed by atoms with van der Waals surface area (Å²) in [5.74, 6) is 0.932. The van der Waals surface area contributed by atoms with E-state index < -0.39 is 0 Å². The number of nitrogens with zero attached hydrogens (tertiary/aromatic N) is 3. The van der Waals surface area contributed by atoms with Crippen LogP contribution in [-0.4, -0.2) is 47.6 Å². The largest absolute Gasteiger partial charge is 0.357 e. The van der Waals surface area contributed by atoms with Gasteiger partial charge in [0.05, 0.1) is 12.2 Å². The van der Waals surface area contributed by atoms with Gasteiger partial charge in [0.15, 0.2) is 5.96 Å². The van der Waals surface area contributed by atoms with Crippen LogP contribution in [0.15, 0.2) is 4.99 Å². The number of halogens is 1. The zero-order valence-electron chi connectivity index (χ0n) is 15.7. The third-order valence-corrected chi connectivity index (χ3v) is 6.25. The molecule has 2 fully saturated rings. The van der Waals surface area contributed by atoms with Crippen LogP contribution in [0.5, 0.6) is 0 Å². The number of hydrogen-bond donors (Lipinski definition) is 2. The number of likely N-dealkylation sites (tertiary alicyclic amines) is 1. The fourth-order valence-corrected chi connectivity index (χ4v) is 4.63. The van der Waals surface area contributed by atoms with E-state index in [1.165, 1.54) is 43.5 Å². The van der Waals surface area contributed by atoms with Gasteiger partial charge in [0.2, 0.25) is 0 Å². The van der Waals surface area contributed by atoms with Gasteiger partial charge in [-0.05, 0) is 40.0 Å². The summed E-state index contributed by atoms with van der Waals surface area (Å²) in [7, 11) is 0. The van der Waals surface area contributed by atoms with Gasteiger partial charge < -0.3 is 10.6 Å². The molecule has 5 nitrogen and oxygen atoms in total. The molecule has 0 bridgehead atoms. The van der Waals surface area contributed by atoms with E-state index >= 15 is 0 Å². The topological polar surface area (TPSA) is 52.6 Å². The third kappa shape index (κ3) is 5.79. The van der Waals surface area contributed by atoms with Crippen molar-refractivity contribution in [2.24, 2.45) is 4.99 Å². The Kier molecular flexibility index (Phi) is 8.41. The van der Waals surface area contributed by atoms with Crippen molar-refractivity contribution in [1.82, 2.24) is 20.5 Å². The molecule has 1 atom stereocenters. The molecule has 1 aromatic rings. The molecule has 2 N–H and O–H groups in total. The van der Waals surface area contributed by atoms with Crippen LogP contribution in [0.3, 0.4) is 0 Å². The van der Waals surface area contributed by atoms with Crippen LogP contribution in [0.1, 0.15) is 54.6 Å². The Morgan fingerprint density at radius 2 is 2.04 bits per heavy atom. The standard InChI is InChI=1S/C18H31N5S.HI/c1-4-19-18(20-11-17-21-13(2)14(3)24-17)22-15-9-10-23(12-15)16-7-5-6-8-16;/h15-16H,4-12H2,1-3H3,(H2,19,20,22);1H. The second-order valence-corrected chi connectivity index (χ2v) is 8.30.